The van der Waals surface area contributed by atoms with E-state index in [9.17, 15) is 0 Å². The predicted molar refractivity (Wildman–Crippen MR) is 103 cm³/mol. The summed E-state index contributed by atoms with van der Waals surface area (Å²) in [6.45, 7) is 10.2. The summed E-state index contributed by atoms with van der Waals surface area (Å²) in [5.41, 5.74) is 4.55. The lowest BCUT2D eigenvalue weighted by atomic mass is 10.0. The van der Waals surface area contributed by atoms with Gasteiger partial charge in [-0.05, 0) is 48.3 Å². The fourth-order valence-electron chi connectivity index (χ4n) is 2.54. The molecule has 0 heteroatoms. The summed E-state index contributed by atoms with van der Waals surface area (Å²) in [6.07, 6.45) is 6.51. The molecule has 0 unspecified atom stereocenters. The van der Waals surface area contributed by atoms with Crippen LogP contribution in [0, 0.1) is 11.8 Å². The van der Waals surface area contributed by atoms with E-state index in [0.29, 0.717) is 0 Å². The maximum absolute atomic E-state index is 3.87. The molecule has 0 radical (unpaired) electrons. The fraction of sp³-hybridized carbons (Fsp3) is 0.217. The Hall–Kier alpha value is -2.52. The number of hydrogen-bond donors (Lipinski definition) is 0. The quantitative estimate of drug-likeness (QED) is 0.443. The molecule has 0 bridgehead atoms. The topological polar surface area (TPSA) is 0 Å². The van der Waals surface area contributed by atoms with Crippen molar-refractivity contribution in [3.63, 3.8) is 0 Å². The highest BCUT2D eigenvalue weighted by Crippen LogP contribution is 2.21. The summed E-state index contributed by atoms with van der Waals surface area (Å²) >= 11 is 0. The average molecular weight is 300 g/mol. The average Bonchev–Trinajstić information content (AvgIpc) is 2.55. The van der Waals surface area contributed by atoms with Crippen LogP contribution in [0.15, 0.2) is 71.8 Å². The zero-order valence-corrected chi connectivity index (χ0v) is 14.3. The molecule has 0 spiro atoms. The van der Waals surface area contributed by atoms with Crippen molar-refractivity contribution < 1.29 is 0 Å². The zero-order chi connectivity index (χ0) is 16.7. The Balaban J connectivity index is 2.42. The van der Waals surface area contributed by atoms with Gasteiger partial charge in [0.2, 0.25) is 0 Å². The highest BCUT2D eigenvalue weighted by molar-refractivity contribution is 5.90. The first-order chi connectivity index (χ1) is 11.1. The van der Waals surface area contributed by atoms with E-state index in [0.717, 1.165) is 24.0 Å². The van der Waals surface area contributed by atoms with E-state index in [2.05, 4.69) is 86.9 Å². The molecule has 0 nitrogen and oxygen atoms in total. The Labute approximate surface area is 140 Å². The van der Waals surface area contributed by atoms with E-state index < -0.39 is 0 Å². The highest BCUT2D eigenvalue weighted by atomic mass is 14.0. The van der Waals surface area contributed by atoms with Gasteiger partial charge in [0.05, 0.1) is 0 Å². The Morgan fingerprint density at radius 1 is 1.04 bits per heavy atom. The van der Waals surface area contributed by atoms with Crippen molar-refractivity contribution in [1.29, 1.82) is 0 Å². The van der Waals surface area contributed by atoms with Crippen molar-refractivity contribution in [3.05, 3.63) is 77.4 Å². The first kappa shape index (κ1) is 16.8. The highest BCUT2D eigenvalue weighted by Gasteiger charge is 1.99. The van der Waals surface area contributed by atoms with Gasteiger partial charge in [0.15, 0.2) is 0 Å². The van der Waals surface area contributed by atoms with E-state index in [1.54, 1.807) is 0 Å². The minimum atomic E-state index is 0.894. The van der Waals surface area contributed by atoms with Crippen molar-refractivity contribution in [3.8, 4) is 11.8 Å². The minimum absolute atomic E-state index is 0.894. The summed E-state index contributed by atoms with van der Waals surface area (Å²) < 4.78 is 0. The Morgan fingerprint density at radius 2 is 1.78 bits per heavy atom. The molecule has 0 heterocycles. The molecule has 0 fully saturated rings. The molecule has 0 saturated carbocycles. The van der Waals surface area contributed by atoms with Crippen molar-refractivity contribution >= 4 is 16.8 Å². The van der Waals surface area contributed by atoms with Crippen LogP contribution >= 0.6 is 0 Å². The largest absolute Gasteiger partial charge is 0.0877 e. The van der Waals surface area contributed by atoms with E-state index in [-0.39, 0.29) is 0 Å². The van der Waals surface area contributed by atoms with Crippen LogP contribution in [-0.4, -0.2) is 0 Å². The van der Waals surface area contributed by atoms with Crippen LogP contribution in [0.3, 0.4) is 0 Å². The van der Waals surface area contributed by atoms with Crippen LogP contribution in [0.4, 0.5) is 0 Å². The molecule has 0 aliphatic carbocycles. The molecule has 0 aliphatic heterocycles. The fourth-order valence-corrected chi connectivity index (χ4v) is 2.54. The van der Waals surface area contributed by atoms with Gasteiger partial charge in [-0.2, -0.15) is 0 Å². The smallest absolute Gasteiger partial charge is 0.0238 e. The second kappa shape index (κ2) is 8.20. The monoisotopic (exact) mass is 300 g/mol. The van der Waals surface area contributed by atoms with Gasteiger partial charge in [-0.15, -0.1) is 0 Å². The number of fused-ring (bicyclic) bond motifs is 1. The Bertz CT molecular complexity index is 814. The standard InChI is InChI=1S/C23H24/c1-5-9-19(4)20(15-14-18(2)3)16-17-22-12-8-11-21-10-6-7-13-23(21)22/h6-8,10-13,16-17H,2,5,9H2,1,3-4H3/b17-16+,20-19-. The lowest BCUT2D eigenvalue weighted by Crippen LogP contribution is -1.84. The Morgan fingerprint density at radius 3 is 2.52 bits per heavy atom. The number of allylic oxidation sites excluding steroid dienone is 4. The third-order valence-electron chi connectivity index (χ3n) is 3.75. The van der Waals surface area contributed by atoms with E-state index in [1.165, 1.54) is 21.9 Å². The van der Waals surface area contributed by atoms with Gasteiger partial charge in [-0.3, -0.25) is 0 Å². The molecule has 23 heavy (non-hydrogen) atoms. The first-order valence-corrected chi connectivity index (χ1v) is 8.15. The van der Waals surface area contributed by atoms with Gasteiger partial charge >= 0.3 is 0 Å². The predicted octanol–water partition coefficient (Wildman–Crippen LogP) is 6.55. The zero-order valence-electron chi connectivity index (χ0n) is 14.3. The van der Waals surface area contributed by atoms with Crippen LogP contribution < -0.4 is 0 Å². The lowest BCUT2D eigenvalue weighted by Gasteiger charge is -2.04. The first-order valence-electron chi connectivity index (χ1n) is 8.15. The van der Waals surface area contributed by atoms with Gasteiger partial charge in [-0.25, -0.2) is 0 Å². The van der Waals surface area contributed by atoms with Gasteiger partial charge < -0.3 is 0 Å². The third kappa shape index (κ3) is 4.73. The molecule has 0 aromatic heterocycles. The maximum Gasteiger partial charge on any atom is 0.0238 e. The van der Waals surface area contributed by atoms with Gasteiger partial charge in [-0.1, -0.05) is 85.9 Å². The van der Waals surface area contributed by atoms with Crippen molar-refractivity contribution in [2.45, 2.75) is 33.6 Å². The molecular formula is C23H24. The van der Waals surface area contributed by atoms with Crippen LogP contribution in [0.2, 0.25) is 0 Å². The van der Waals surface area contributed by atoms with Gasteiger partial charge in [0.25, 0.3) is 0 Å². The second-order valence-corrected chi connectivity index (χ2v) is 5.88. The molecule has 2 rings (SSSR count). The third-order valence-corrected chi connectivity index (χ3v) is 3.75. The lowest BCUT2D eigenvalue weighted by molar-refractivity contribution is 0.901. The van der Waals surface area contributed by atoms with Crippen LogP contribution in [0.25, 0.3) is 16.8 Å². The molecule has 0 atom stereocenters. The second-order valence-electron chi connectivity index (χ2n) is 5.88. The molecule has 0 saturated heterocycles. The number of benzene rings is 2. The number of rotatable bonds is 4. The normalized spacial score (nSPS) is 12.0. The van der Waals surface area contributed by atoms with Crippen molar-refractivity contribution in [2.24, 2.45) is 0 Å². The van der Waals surface area contributed by atoms with Crippen LogP contribution in [0.1, 0.15) is 39.2 Å². The molecule has 0 amide bonds. The molecule has 0 N–H and O–H groups in total. The van der Waals surface area contributed by atoms with Crippen LogP contribution in [-0.2, 0) is 0 Å². The minimum Gasteiger partial charge on any atom is -0.0877 e. The SMILES string of the molecule is C=C(C)C#CC(/C=C/c1cccc2ccccc12)=C(\C)CCC. The van der Waals surface area contributed by atoms with E-state index in [1.807, 2.05) is 6.92 Å². The van der Waals surface area contributed by atoms with Crippen molar-refractivity contribution in [2.75, 3.05) is 0 Å². The summed E-state index contributed by atoms with van der Waals surface area (Å²) in [4.78, 5) is 0. The summed E-state index contributed by atoms with van der Waals surface area (Å²) in [7, 11) is 0. The van der Waals surface area contributed by atoms with E-state index in [4.69, 9.17) is 0 Å². The molecule has 2 aromatic carbocycles. The number of hydrogen-bond acceptors (Lipinski definition) is 0. The van der Waals surface area contributed by atoms with Gasteiger partial charge in [0, 0.05) is 5.57 Å². The Kier molecular flexibility index (Phi) is 6.01. The molecular weight excluding hydrogens is 276 g/mol. The molecule has 0 aliphatic rings. The molecule has 2 aromatic rings. The van der Waals surface area contributed by atoms with Crippen molar-refractivity contribution in [1.82, 2.24) is 0 Å². The maximum atomic E-state index is 3.87. The summed E-state index contributed by atoms with van der Waals surface area (Å²) in [5.74, 6) is 6.37. The van der Waals surface area contributed by atoms with E-state index >= 15 is 0 Å². The van der Waals surface area contributed by atoms with Crippen LogP contribution in [0.5, 0.6) is 0 Å². The summed E-state index contributed by atoms with van der Waals surface area (Å²) in [5, 5.41) is 2.53. The molecule has 116 valence electrons. The summed E-state index contributed by atoms with van der Waals surface area (Å²) in [6, 6.07) is 14.9. The van der Waals surface area contributed by atoms with Gasteiger partial charge in [0.1, 0.15) is 0 Å².